The van der Waals surface area contributed by atoms with Crippen molar-refractivity contribution in [2.75, 3.05) is 11.4 Å². The van der Waals surface area contributed by atoms with Crippen molar-refractivity contribution >= 4 is 29.2 Å². The van der Waals surface area contributed by atoms with Gasteiger partial charge in [0.1, 0.15) is 0 Å². The fourth-order valence-corrected chi connectivity index (χ4v) is 3.70. The highest BCUT2D eigenvalue weighted by Crippen LogP contribution is 2.37. The lowest BCUT2D eigenvalue weighted by molar-refractivity contribution is -0.127. The second kappa shape index (κ2) is 9.62. The average molecular weight is 436 g/mol. The third-order valence-corrected chi connectivity index (χ3v) is 5.24. The largest absolute Gasteiger partial charge is 0.472 e. The number of benzene rings is 2. The van der Waals surface area contributed by atoms with Crippen LogP contribution in [0.4, 0.5) is 5.82 Å². The van der Waals surface area contributed by atoms with E-state index in [4.69, 9.17) is 16.3 Å². The summed E-state index contributed by atoms with van der Waals surface area (Å²) in [5, 5.41) is 3.52. The van der Waals surface area contributed by atoms with Gasteiger partial charge in [-0.15, -0.1) is 0 Å². The highest BCUT2D eigenvalue weighted by Gasteiger charge is 2.36. The number of rotatable bonds is 7. The van der Waals surface area contributed by atoms with E-state index in [9.17, 15) is 9.59 Å². The van der Waals surface area contributed by atoms with E-state index in [0.717, 1.165) is 11.1 Å². The number of nitrogens with zero attached hydrogens (tertiary/aromatic N) is 2. The Kier molecular flexibility index (Phi) is 6.48. The Morgan fingerprint density at radius 1 is 1.10 bits per heavy atom. The maximum atomic E-state index is 13.2. The maximum Gasteiger partial charge on any atom is 0.274 e. The molecule has 0 aliphatic carbocycles. The van der Waals surface area contributed by atoms with Crippen LogP contribution in [-0.2, 0) is 16.1 Å². The van der Waals surface area contributed by atoms with Gasteiger partial charge in [-0.25, -0.2) is 4.98 Å². The quantitative estimate of drug-likeness (QED) is 0.600. The summed E-state index contributed by atoms with van der Waals surface area (Å²) >= 11 is 5.97. The Balaban J connectivity index is 1.38. The Bertz CT molecular complexity index is 1070. The number of halogens is 1. The van der Waals surface area contributed by atoms with Crippen LogP contribution in [0.15, 0.2) is 72.9 Å². The molecule has 1 unspecified atom stereocenters. The van der Waals surface area contributed by atoms with Crippen molar-refractivity contribution in [2.24, 2.45) is 0 Å². The fraction of sp³-hybridized carbons (Fsp3) is 0.208. The molecule has 0 saturated carbocycles. The first-order valence-corrected chi connectivity index (χ1v) is 10.5. The molecule has 0 spiro atoms. The SMILES string of the molecule is O=C(CCCN1C(=O)C(c2ccccc2)Oc2cccnc21)NCc1cccc(Cl)c1. The number of carbonyl (C=O) groups is 2. The third-order valence-electron chi connectivity index (χ3n) is 5.01. The van der Waals surface area contributed by atoms with E-state index < -0.39 is 6.10 Å². The van der Waals surface area contributed by atoms with E-state index in [1.807, 2.05) is 48.5 Å². The predicted octanol–water partition coefficient (Wildman–Crippen LogP) is 4.30. The number of aromatic nitrogens is 1. The Hall–Kier alpha value is -3.38. The molecule has 158 valence electrons. The minimum atomic E-state index is -0.727. The van der Waals surface area contributed by atoms with Crippen LogP contribution in [-0.4, -0.2) is 23.3 Å². The van der Waals surface area contributed by atoms with Gasteiger partial charge in [-0.3, -0.25) is 14.5 Å². The molecule has 0 fully saturated rings. The molecule has 0 radical (unpaired) electrons. The molecule has 6 nitrogen and oxygen atoms in total. The molecule has 1 aliphatic rings. The first-order valence-electron chi connectivity index (χ1n) is 10.1. The first-order chi connectivity index (χ1) is 15.1. The van der Waals surface area contributed by atoms with Crippen LogP contribution in [0, 0.1) is 0 Å². The number of amides is 2. The molecule has 4 rings (SSSR count). The molecule has 3 aromatic rings. The van der Waals surface area contributed by atoms with Gasteiger partial charge in [0, 0.05) is 36.3 Å². The topological polar surface area (TPSA) is 71.5 Å². The second-order valence-corrected chi connectivity index (χ2v) is 7.67. The molecule has 31 heavy (non-hydrogen) atoms. The van der Waals surface area contributed by atoms with Crippen molar-refractivity contribution in [2.45, 2.75) is 25.5 Å². The Morgan fingerprint density at radius 2 is 1.94 bits per heavy atom. The maximum absolute atomic E-state index is 13.2. The summed E-state index contributed by atoms with van der Waals surface area (Å²) in [5.74, 6) is 0.777. The van der Waals surface area contributed by atoms with E-state index >= 15 is 0 Å². The van der Waals surface area contributed by atoms with Crippen LogP contribution < -0.4 is 15.0 Å². The molecule has 2 heterocycles. The molecule has 1 atom stereocenters. The molecule has 7 heteroatoms. The summed E-state index contributed by atoms with van der Waals surface area (Å²) in [6, 6.07) is 20.3. The predicted molar refractivity (Wildman–Crippen MR) is 119 cm³/mol. The van der Waals surface area contributed by atoms with E-state index in [2.05, 4.69) is 10.3 Å². The number of nitrogens with one attached hydrogen (secondary N) is 1. The minimum Gasteiger partial charge on any atom is -0.472 e. The van der Waals surface area contributed by atoms with Gasteiger partial charge in [0.05, 0.1) is 0 Å². The Morgan fingerprint density at radius 3 is 2.74 bits per heavy atom. The van der Waals surface area contributed by atoms with Gasteiger partial charge < -0.3 is 10.1 Å². The molecule has 0 saturated heterocycles. The fourth-order valence-electron chi connectivity index (χ4n) is 3.49. The number of hydrogen-bond donors (Lipinski definition) is 1. The van der Waals surface area contributed by atoms with Gasteiger partial charge in [-0.1, -0.05) is 54.1 Å². The molecule has 1 N–H and O–H groups in total. The molecule has 1 aliphatic heterocycles. The number of hydrogen-bond acceptors (Lipinski definition) is 4. The molecule has 2 aromatic carbocycles. The van der Waals surface area contributed by atoms with Crippen LogP contribution in [0.2, 0.25) is 5.02 Å². The summed E-state index contributed by atoms with van der Waals surface area (Å²) in [7, 11) is 0. The number of pyridine rings is 1. The van der Waals surface area contributed by atoms with Crippen LogP contribution in [0.5, 0.6) is 5.75 Å². The van der Waals surface area contributed by atoms with Crippen molar-refractivity contribution in [1.29, 1.82) is 0 Å². The van der Waals surface area contributed by atoms with Gasteiger partial charge in [-0.05, 0) is 36.2 Å². The summed E-state index contributed by atoms with van der Waals surface area (Å²) in [4.78, 5) is 31.4. The monoisotopic (exact) mass is 435 g/mol. The van der Waals surface area contributed by atoms with Crippen molar-refractivity contribution in [3.05, 3.63) is 89.1 Å². The smallest absolute Gasteiger partial charge is 0.274 e. The number of carbonyl (C=O) groups excluding carboxylic acids is 2. The van der Waals surface area contributed by atoms with Gasteiger partial charge in [0.15, 0.2) is 11.6 Å². The Labute approximate surface area is 185 Å². The first kappa shape index (κ1) is 20.9. The van der Waals surface area contributed by atoms with Crippen molar-refractivity contribution in [3.8, 4) is 5.75 Å². The lowest BCUT2D eigenvalue weighted by atomic mass is 10.1. The number of ether oxygens (including phenoxy) is 1. The average Bonchev–Trinajstić information content (AvgIpc) is 2.79. The zero-order valence-electron chi connectivity index (χ0n) is 16.8. The number of fused-ring (bicyclic) bond motifs is 1. The molecular formula is C24H22ClN3O3. The van der Waals surface area contributed by atoms with E-state index in [-0.39, 0.29) is 11.8 Å². The molecule has 2 amide bonds. The summed E-state index contributed by atoms with van der Waals surface area (Å²) in [5.41, 5.74) is 1.72. The minimum absolute atomic E-state index is 0.0819. The van der Waals surface area contributed by atoms with Gasteiger partial charge >= 0.3 is 0 Å². The molecular weight excluding hydrogens is 414 g/mol. The zero-order chi connectivity index (χ0) is 21.6. The van der Waals surface area contributed by atoms with Gasteiger partial charge in [-0.2, -0.15) is 0 Å². The highest BCUT2D eigenvalue weighted by atomic mass is 35.5. The van der Waals surface area contributed by atoms with Crippen molar-refractivity contribution < 1.29 is 14.3 Å². The third kappa shape index (κ3) is 5.03. The van der Waals surface area contributed by atoms with E-state index in [1.165, 1.54) is 0 Å². The highest BCUT2D eigenvalue weighted by molar-refractivity contribution is 6.30. The van der Waals surface area contributed by atoms with Gasteiger partial charge in [0.25, 0.3) is 5.91 Å². The lowest BCUT2D eigenvalue weighted by Gasteiger charge is -2.33. The normalized spacial score (nSPS) is 15.2. The van der Waals surface area contributed by atoms with Crippen molar-refractivity contribution in [3.63, 3.8) is 0 Å². The zero-order valence-corrected chi connectivity index (χ0v) is 17.6. The lowest BCUT2D eigenvalue weighted by Crippen LogP contribution is -2.42. The van der Waals surface area contributed by atoms with Crippen molar-refractivity contribution in [1.82, 2.24) is 10.3 Å². The van der Waals surface area contributed by atoms with Gasteiger partial charge in [0.2, 0.25) is 12.0 Å². The van der Waals surface area contributed by atoms with Crippen LogP contribution >= 0.6 is 11.6 Å². The van der Waals surface area contributed by atoms with Crippen LogP contribution in [0.25, 0.3) is 0 Å². The standard InChI is InChI=1S/C24H22ClN3O3/c25-19-10-4-7-17(15-19)16-27-21(29)12-6-14-28-23-20(11-5-13-26-23)31-22(24(28)30)18-8-2-1-3-9-18/h1-5,7-11,13,15,22H,6,12,14,16H2,(H,27,29). The second-order valence-electron chi connectivity index (χ2n) is 7.23. The summed E-state index contributed by atoms with van der Waals surface area (Å²) in [6.45, 7) is 0.788. The summed E-state index contributed by atoms with van der Waals surface area (Å²) in [6.07, 6.45) is 1.70. The van der Waals surface area contributed by atoms with E-state index in [0.29, 0.717) is 42.5 Å². The molecule has 0 bridgehead atoms. The van der Waals surface area contributed by atoms with Crippen LogP contribution in [0.3, 0.4) is 0 Å². The molecule has 1 aromatic heterocycles. The summed E-state index contributed by atoms with van der Waals surface area (Å²) < 4.78 is 5.94. The van der Waals surface area contributed by atoms with E-state index in [1.54, 1.807) is 29.3 Å². The van der Waals surface area contributed by atoms with Crippen LogP contribution in [0.1, 0.15) is 30.1 Å². The number of anilines is 1.